The molecule has 0 spiro atoms. The molecule has 0 aliphatic carbocycles. The molecule has 0 saturated carbocycles. The van der Waals surface area contributed by atoms with Crippen molar-refractivity contribution < 1.29 is 13.2 Å². The second-order valence-corrected chi connectivity index (χ2v) is 6.59. The first-order valence-corrected chi connectivity index (χ1v) is 7.01. The van der Waals surface area contributed by atoms with Gasteiger partial charge in [0.2, 0.25) is 0 Å². The van der Waals surface area contributed by atoms with Crippen molar-refractivity contribution in [3.8, 4) is 0 Å². The molecule has 1 saturated heterocycles. The van der Waals surface area contributed by atoms with E-state index in [9.17, 15) is 8.42 Å². The van der Waals surface area contributed by atoms with Crippen molar-refractivity contribution in [1.29, 1.82) is 0 Å². The highest BCUT2D eigenvalue weighted by Gasteiger charge is 2.44. The topological polar surface area (TPSA) is 43.4 Å². The Balaban J connectivity index is 2.22. The lowest BCUT2D eigenvalue weighted by Crippen LogP contribution is -2.54. The van der Waals surface area contributed by atoms with Gasteiger partial charge in [-0.2, -0.15) is 0 Å². The molecular formula is C12H16O3S. The molecule has 1 aliphatic heterocycles. The number of sulfone groups is 1. The lowest BCUT2D eigenvalue weighted by Gasteiger charge is -2.44. The Labute approximate surface area is 96.4 Å². The van der Waals surface area contributed by atoms with Crippen LogP contribution in [0, 0.1) is 5.92 Å². The van der Waals surface area contributed by atoms with Crippen molar-refractivity contribution in [3.63, 3.8) is 0 Å². The van der Waals surface area contributed by atoms with Crippen LogP contribution in [-0.4, -0.2) is 26.4 Å². The maximum atomic E-state index is 12.1. The Morgan fingerprint density at radius 3 is 2.44 bits per heavy atom. The largest absolute Gasteiger partial charge is 0.373 e. The van der Waals surface area contributed by atoms with Gasteiger partial charge in [0.25, 0.3) is 0 Å². The molecule has 2 unspecified atom stereocenters. The van der Waals surface area contributed by atoms with Gasteiger partial charge in [-0.1, -0.05) is 25.1 Å². The first-order valence-electron chi connectivity index (χ1n) is 5.36. The van der Waals surface area contributed by atoms with Crippen molar-refractivity contribution in [2.75, 3.05) is 12.4 Å². The molecule has 16 heavy (non-hydrogen) atoms. The van der Waals surface area contributed by atoms with Gasteiger partial charge in [0.05, 0.1) is 22.9 Å². The molecule has 0 N–H and O–H groups in total. The second kappa shape index (κ2) is 3.86. The van der Waals surface area contributed by atoms with Crippen LogP contribution in [0.1, 0.15) is 13.8 Å². The van der Waals surface area contributed by atoms with Gasteiger partial charge in [0.1, 0.15) is 0 Å². The zero-order valence-corrected chi connectivity index (χ0v) is 10.3. The third kappa shape index (κ3) is 1.99. The minimum atomic E-state index is -3.24. The van der Waals surface area contributed by atoms with E-state index in [2.05, 4.69) is 0 Å². The Bertz CT molecular complexity index is 466. The van der Waals surface area contributed by atoms with Crippen LogP contribution in [0.4, 0.5) is 0 Å². The minimum Gasteiger partial charge on any atom is -0.373 e. The molecule has 0 amide bonds. The molecule has 4 heteroatoms. The van der Waals surface area contributed by atoms with Gasteiger partial charge in [0.15, 0.2) is 9.84 Å². The van der Waals surface area contributed by atoms with Gasteiger partial charge < -0.3 is 4.74 Å². The summed E-state index contributed by atoms with van der Waals surface area (Å²) in [5.41, 5.74) is -0.519. The van der Waals surface area contributed by atoms with Crippen molar-refractivity contribution in [2.24, 2.45) is 5.92 Å². The lowest BCUT2D eigenvalue weighted by atomic mass is 9.88. The molecule has 3 nitrogen and oxygen atoms in total. The summed E-state index contributed by atoms with van der Waals surface area (Å²) in [5.74, 6) is 0.358. The molecule has 0 aromatic heterocycles. The number of hydrogen-bond donors (Lipinski definition) is 0. The average Bonchev–Trinajstić information content (AvgIpc) is 2.28. The number of hydrogen-bond acceptors (Lipinski definition) is 3. The van der Waals surface area contributed by atoms with Crippen molar-refractivity contribution in [1.82, 2.24) is 0 Å². The Morgan fingerprint density at radius 1 is 1.38 bits per heavy atom. The highest BCUT2D eigenvalue weighted by Crippen LogP contribution is 2.34. The van der Waals surface area contributed by atoms with E-state index in [0.717, 1.165) is 0 Å². The van der Waals surface area contributed by atoms with Crippen molar-refractivity contribution >= 4 is 9.84 Å². The average molecular weight is 240 g/mol. The summed E-state index contributed by atoms with van der Waals surface area (Å²) in [6, 6.07) is 8.54. The van der Waals surface area contributed by atoms with Crippen LogP contribution in [0.3, 0.4) is 0 Å². The number of rotatable bonds is 3. The second-order valence-electron chi connectivity index (χ2n) is 4.60. The Kier molecular flexibility index (Phi) is 2.80. The quantitative estimate of drug-likeness (QED) is 0.810. The van der Waals surface area contributed by atoms with E-state index in [0.29, 0.717) is 17.4 Å². The van der Waals surface area contributed by atoms with E-state index < -0.39 is 15.4 Å². The molecule has 2 rings (SSSR count). The molecular weight excluding hydrogens is 224 g/mol. The molecule has 1 aliphatic rings. The molecule has 1 fully saturated rings. The van der Waals surface area contributed by atoms with Crippen LogP contribution in [0.25, 0.3) is 0 Å². The van der Waals surface area contributed by atoms with Crippen LogP contribution in [-0.2, 0) is 14.6 Å². The van der Waals surface area contributed by atoms with Crippen LogP contribution in [0.2, 0.25) is 0 Å². The van der Waals surface area contributed by atoms with E-state index in [4.69, 9.17) is 4.74 Å². The highest BCUT2D eigenvalue weighted by atomic mass is 32.2. The Morgan fingerprint density at radius 2 is 2.00 bits per heavy atom. The van der Waals surface area contributed by atoms with Gasteiger partial charge in [0, 0.05) is 5.92 Å². The summed E-state index contributed by atoms with van der Waals surface area (Å²) < 4.78 is 29.6. The summed E-state index contributed by atoms with van der Waals surface area (Å²) in [7, 11) is -3.24. The zero-order chi connectivity index (χ0) is 11.8. The molecule has 1 aromatic rings. The van der Waals surface area contributed by atoms with E-state index in [1.807, 2.05) is 19.9 Å². The summed E-state index contributed by atoms with van der Waals surface area (Å²) in [4.78, 5) is 0.374. The highest BCUT2D eigenvalue weighted by molar-refractivity contribution is 7.91. The van der Waals surface area contributed by atoms with E-state index in [-0.39, 0.29) is 5.75 Å². The monoisotopic (exact) mass is 240 g/mol. The smallest absolute Gasteiger partial charge is 0.181 e. The number of ether oxygens (including phenoxy) is 1. The van der Waals surface area contributed by atoms with Gasteiger partial charge in [-0.25, -0.2) is 8.42 Å². The van der Waals surface area contributed by atoms with Crippen molar-refractivity contribution in [3.05, 3.63) is 30.3 Å². The maximum absolute atomic E-state index is 12.1. The fraction of sp³-hybridized carbons (Fsp3) is 0.500. The molecule has 88 valence electrons. The predicted octanol–water partition coefficient (Wildman–Crippen LogP) is 1.89. The molecule has 0 bridgehead atoms. The van der Waals surface area contributed by atoms with Crippen LogP contribution >= 0.6 is 0 Å². The summed E-state index contributed by atoms with van der Waals surface area (Å²) in [6.07, 6.45) is 0. The van der Waals surface area contributed by atoms with Crippen LogP contribution in [0.15, 0.2) is 35.2 Å². The molecule has 0 radical (unpaired) electrons. The van der Waals surface area contributed by atoms with Crippen LogP contribution < -0.4 is 0 Å². The summed E-state index contributed by atoms with van der Waals surface area (Å²) in [5, 5.41) is 0. The fourth-order valence-electron chi connectivity index (χ4n) is 1.81. The predicted molar refractivity (Wildman–Crippen MR) is 62.0 cm³/mol. The zero-order valence-electron chi connectivity index (χ0n) is 9.51. The van der Waals surface area contributed by atoms with Gasteiger partial charge >= 0.3 is 0 Å². The molecule has 1 aromatic carbocycles. The van der Waals surface area contributed by atoms with Gasteiger partial charge in [-0.05, 0) is 19.1 Å². The SMILES string of the molecule is CC1COC1(C)CS(=O)(=O)c1ccccc1. The maximum Gasteiger partial charge on any atom is 0.181 e. The molecule has 1 heterocycles. The summed E-state index contributed by atoms with van der Waals surface area (Å²) >= 11 is 0. The number of benzene rings is 1. The first kappa shape index (κ1) is 11.6. The van der Waals surface area contributed by atoms with E-state index in [1.165, 1.54) is 0 Å². The minimum absolute atomic E-state index is 0.0607. The van der Waals surface area contributed by atoms with Crippen molar-refractivity contribution in [2.45, 2.75) is 24.3 Å². The standard InChI is InChI=1S/C12H16O3S/c1-10-8-15-12(10,2)9-16(13,14)11-6-4-3-5-7-11/h3-7,10H,8-9H2,1-2H3. The third-order valence-corrected chi connectivity index (χ3v) is 5.23. The fourth-order valence-corrected chi connectivity index (χ4v) is 3.67. The van der Waals surface area contributed by atoms with E-state index in [1.54, 1.807) is 24.3 Å². The molecule has 2 atom stereocenters. The van der Waals surface area contributed by atoms with Gasteiger partial charge in [-0.3, -0.25) is 0 Å². The van der Waals surface area contributed by atoms with Gasteiger partial charge in [-0.15, -0.1) is 0 Å². The third-order valence-electron chi connectivity index (χ3n) is 3.28. The first-order chi connectivity index (χ1) is 7.44. The Hall–Kier alpha value is -0.870. The van der Waals surface area contributed by atoms with E-state index >= 15 is 0 Å². The van der Waals surface area contributed by atoms with Crippen LogP contribution in [0.5, 0.6) is 0 Å². The lowest BCUT2D eigenvalue weighted by molar-refractivity contribution is -0.170. The summed E-state index contributed by atoms with van der Waals surface area (Å²) in [6.45, 7) is 4.53. The normalized spacial score (nSPS) is 29.8.